The van der Waals surface area contributed by atoms with E-state index in [0.717, 1.165) is 19.0 Å². The molecule has 0 heterocycles. The van der Waals surface area contributed by atoms with Gasteiger partial charge in [-0.2, -0.15) is 0 Å². The van der Waals surface area contributed by atoms with Crippen molar-refractivity contribution in [3.05, 3.63) is 35.4 Å². The minimum absolute atomic E-state index is 0. The first-order valence-corrected chi connectivity index (χ1v) is 10.4. The lowest BCUT2D eigenvalue weighted by molar-refractivity contribution is 0.459. The van der Waals surface area contributed by atoms with Gasteiger partial charge in [0.1, 0.15) is 0 Å². The number of nitrogens with one attached hydrogen (secondary N) is 1. The topological polar surface area (TPSA) is 65.0 Å². The summed E-state index contributed by atoms with van der Waals surface area (Å²) in [6.45, 7) is 8.42. The van der Waals surface area contributed by atoms with E-state index in [1.165, 1.54) is 15.4 Å². The number of hydrogen-bond donors (Lipinski definition) is 1. The van der Waals surface area contributed by atoms with E-state index < -0.39 is 10.0 Å². The Morgan fingerprint density at radius 3 is 2.31 bits per heavy atom. The van der Waals surface area contributed by atoms with Gasteiger partial charge < -0.3 is 10.2 Å². The fourth-order valence-electron chi connectivity index (χ4n) is 2.35. The second-order valence-corrected chi connectivity index (χ2v) is 8.52. The zero-order valence-corrected chi connectivity index (χ0v) is 19.7. The fraction of sp³-hybridized carbons (Fsp3) is 0.611. The number of sulfonamides is 1. The Labute approximate surface area is 176 Å². The monoisotopic (exact) mass is 496 g/mol. The lowest BCUT2D eigenvalue weighted by atomic mass is 10.1. The van der Waals surface area contributed by atoms with Crippen LogP contribution in [0.3, 0.4) is 0 Å². The van der Waals surface area contributed by atoms with Gasteiger partial charge in [-0.15, -0.1) is 24.0 Å². The summed E-state index contributed by atoms with van der Waals surface area (Å²) in [5.74, 6) is 0.971. The smallest absolute Gasteiger partial charge is 0.213 e. The molecule has 1 aromatic rings. The van der Waals surface area contributed by atoms with Crippen LogP contribution >= 0.6 is 24.0 Å². The highest BCUT2D eigenvalue weighted by Gasteiger charge is 2.14. The maximum atomic E-state index is 11.7. The van der Waals surface area contributed by atoms with Crippen LogP contribution in [0, 0.1) is 6.92 Å². The molecule has 0 aromatic heterocycles. The number of aryl methyl sites for hydroxylation is 1. The molecule has 6 nitrogen and oxygen atoms in total. The van der Waals surface area contributed by atoms with E-state index in [4.69, 9.17) is 0 Å². The highest BCUT2D eigenvalue weighted by Crippen LogP contribution is 2.06. The molecule has 0 aliphatic rings. The molecule has 0 aliphatic heterocycles. The van der Waals surface area contributed by atoms with E-state index in [-0.39, 0.29) is 29.7 Å². The zero-order chi connectivity index (χ0) is 18.9. The maximum absolute atomic E-state index is 11.7. The lowest BCUT2D eigenvalue weighted by Crippen LogP contribution is -2.38. The van der Waals surface area contributed by atoms with Crippen molar-refractivity contribution < 1.29 is 8.42 Å². The van der Waals surface area contributed by atoms with Crippen LogP contribution in [0.25, 0.3) is 0 Å². The molecular weight excluding hydrogens is 463 g/mol. The van der Waals surface area contributed by atoms with E-state index >= 15 is 0 Å². The van der Waals surface area contributed by atoms with E-state index in [1.807, 2.05) is 14.0 Å². The van der Waals surface area contributed by atoms with Crippen LogP contribution in [0.1, 0.15) is 31.4 Å². The van der Waals surface area contributed by atoms with Gasteiger partial charge in [-0.05, 0) is 32.8 Å². The quantitative estimate of drug-likeness (QED) is 0.247. The first-order valence-electron chi connectivity index (χ1n) is 8.79. The summed E-state index contributed by atoms with van der Waals surface area (Å²) in [5.41, 5.74) is 2.48. The van der Waals surface area contributed by atoms with E-state index in [0.29, 0.717) is 19.5 Å². The van der Waals surface area contributed by atoms with Crippen LogP contribution < -0.4 is 5.32 Å². The summed E-state index contributed by atoms with van der Waals surface area (Å²) in [6.07, 6.45) is 0.697. The largest absolute Gasteiger partial charge is 0.357 e. The summed E-state index contributed by atoms with van der Waals surface area (Å²) in [7, 11) is 0.520. The molecule has 0 aliphatic carbocycles. The molecule has 0 radical (unpaired) electrons. The van der Waals surface area contributed by atoms with E-state index in [9.17, 15) is 8.42 Å². The summed E-state index contributed by atoms with van der Waals surface area (Å²) < 4.78 is 24.9. The Balaban J connectivity index is 0.00000625. The lowest BCUT2D eigenvalue weighted by Gasteiger charge is -2.22. The van der Waals surface area contributed by atoms with Gasteiger partial charge in [-0.3, -0.25) is 4.99 Å². The third kappa shape index (κ3) is 8.68. The van der Waals surface area contributed by atoms with Gasteiger partial charge in [0, 0.05) is 40.3 Å². The highest BCUT2D eigenvalue weighted by molar-refractivity contribution is 14.0. The summed E-state index contributed by atoms with van der Waals surface area (Å²) >= 11 is 0. The minimum atomic E-state index is -3.11. The van der Waals surface area contributed by atoms with Gasteiger partial charge in [0.2, 0.25) is 10.0 Å². The molecule has 0 atom stereocenters. The van der Waals surface area contributed by atoms with Crippen molar-refractivity contribution in [3.8, 4) is 0 Å². The van der Waals surface area contributed by atoms with Crippen molar-refractivity contribution in [2.75, 3.05) is 39.5 Å². The first kappa shape index (κ1) is 25.1. The second-order valence-electron chi connectivity index (χ2n) is 6.15. The number of nitrogens with zero attached hydrogens (tertiary/aromatic N) is 3. The van der Waals surface area contributed by atoms with Crippen molar-refractivity contribution >= 4 is 40.0 Å². The SMILES string of the molecule is CCNC(=NCCCN(C)S(=O)(=O)CC)N(C)Cc1ccc(C)cc1.I. The van der Waals surface area contributed by atoms with Gasteiger partial charge in [0.15, 0.2) is 5.96 Å². The van der Waals surface area contributed by atoms with E-state index in [2.05, 4.69) is 46.4 Å². The van der Waals surface area contributed by atoms with Crippen LogP contribution in [-0.2, 0) is 16.6 Å². The van der Waals surface area contributed by atoms with Gasteiger partial charge in [0.05, 0.1) is 5.75 Å². The van der Waals surface area contributed by atoms with Crippen LogP contribution in [0.5, 0.6) is 0 Å². The second kappa shape index (κ2) is 12.5. The van der Waals surface area contributed by atoms with Crippen molar-refractivity contribution in [1.29, 1.82) is 0 Å². The Morgan fingerprint density at radius 2 is 1.77 bits per heavy atom. The predicted octanol–water partition coefficient (Wildman–Crippen LogP) is 2.68. The highest BCUT2D eigenvalue weighted by atomic mass is 127. The number of guanidine groups is 1. The third-order valence-corrected chi connectivity index (χ3v) is 5.83. The molecule has 150 valence electrons. The number of hydrogen-bond acceptors (Lipinski definition) is 3. The number of aliphatic imine (C=N–C) groups is 1. The summed E-state index contributed by atoms with van der Waals surface area (Å²) in [5, 5.41) is 3.29. The number of halogens is 1. The molecule has 0 bridgehead atoms. The van der Waals surface area contributed by atoms with Gasteiger partial charge in [-0.25, -0.2) is 12.7 Å². The van der Waals surface area contributed by atoms with Gasteiger partial charge in [0.25, 0.3) is 0 Å². The molecular formula is C18H33IN4O2S. The summed E-state index contributed by atoms with van der Waals surface area (Å²) in [6, 6.07) is 8.47. The molecule has 1 aromatic carbocycles. The van der Waals surface area contributed by atoms with Crippen molar-refractivity contribution in [2.45, 2.75) is 33.7 Å². The Bertz CT molecular complexity index is 648. The first-order chi connectivity index (χ1) is 11.8. The minimum Gasteiger partial charge on any atom is -0.357 e. The fourth-order valence-corrected chi connectivity index (χ4v) is 3.20. The normalized spacial score (nSPS) is 12.0. The Hall–Kier alpha value is -0.870. The molecule has 0 saturated heterocycles. The standard InChI is InChI=1S/C18H32N4O2S.HI/c1-6-19-18(20-13-8-14-22(5)25(23,24)7-2)21(4)15-17-11-9-16(3)10-12-17;/h9-12H,6-8,13-15H2,1-5H3,(H,19,20);1H. The van der Waals surface area contributed by atoms with E-state index in [1.54, 1.807) is 14.0 Å². The maximum Gasteiger partial charge on any atom is 0.213 e. The molecule has 1 N–H and O–H groups in total. The van der Waals surface area contributed by atoms with Crippen LogP contribution in [0.4, 0.5) is 0 Å². The van der Waals surface area contributed by atoms with Gasteiger partial charge >= 0.3 is 0 Å². The third-order valence-electron chi connectivity index (χ3n) is 3.97. The average Bonchev–Trinajstić information content (AvgIpc) is 2.59. The Kier molecular flexibility index (Phi) is 12.1. The average molecular weight is 496 g/mol. The van der Waals surface area contributed by atoms with Crippen molar-refractivity contribution in [1.82, 2.24) is 14.5 Å². The zero-order valence-electron chi connectivity index (χ0n) is 16.5. The molecule has 26 heavy (non-hydrogen) atoms. The number of benzene rings is 1. The number of rotatable bonds is 9. The predicted molar refractivity (Wildman–Crippen MR) is 121 cm³/mol. The Morgan fingerprint density at radius 1 is 1.15 bits per heavy atom. The molecule has 0 fully saturated rings. The molecule has 8 heteroatoms. The van der Waals surface area contributed by atoms with Crippen LogP contribution in [0.15, 0.2) is 29.3 Å². The molecule has 1 rings (SSSR count). The molecule has 0 unspecified atom stereocenters. The van der Waals surface area contributed by atoms with Crippen LogP contribution in [-0.4, -0.2) is 63.1 Å². The van der Waals surface area contributed by atoms with Crippen LogP contribution in [0.2, 0.25) is 0 Å². The van der Waals surface area contributed by atoms with Crippen molar-refractivity contribution in [3.63, 3.8) is 0 Å². The molecule has 0 saturated carbocycles. The molecule has 0 amide bonds. The van der Waals surface area contributed by atoms with Crippen molar-refractivity contribution in [2.24, 2.45) is 4.99 Å². The van der Waals surface area contributed by atoms with Gasteiger partial charge in [-0.1, -0.05) is 29.8 Å². The summed E-state index contributed by atoms with van der Waals surface area (Å²) in [4.78, 5) is 6.70. The molecule has 0 spiro atoms.